The first-order valence-corrected chi connectivity index (χ1v) is 9.64. The third-order valence-electron chi connectivity index (χ3n) is 4.50. The molecule has 2 rings (SSSR count). The summed E-state index contributed by atoms with van der Waals surface area (Å²) in [6.45, 7) is 0.378. The van der Waals surface area contributed by atoms with Crippen LogP contribution in [0.1, 0.15) is 43.0 Å². The number of aliphatic imine (C=N–C) groups is 1. The highest BCUT2D eigenvalue weighted by Crippen LogP contribution is 2.19. The Morgan fingerprint density at radius 1 is 1.06 bits per heavy atom. The molecule has 1 saturated carbocycles. The van der Waals surface area contributed by atoms with Crippen LogP contribution in [0.5, 0.6) is 0 Å². The molecule has 0 spiro atoms. The number of halogens is 5. The molecule has 3 N–H and O–H groups in total. The summed E-state index contributed by atoms with van der Waals surface area (Å²) >= 11 is 0. The number of rotatable bonds is 5. The van der Waals surface area contributed by atoms with Crippen molar-refractivity contribution in [2.24, 2.45) is 4.99 Å². The molecule has 0 aromatic heterocycles. The highest BCUT2D eigenvalue weighted by Gasteiger charge is 2.28. The van der Waals surface area contributed by atoms with Gasteiger partial charge in [-0.05, 0) is 50.8 Å². The van der Waals surface area contributed by atoms with Crippen LogP contribution in [-0.4, -0.2) is 49.4 Å². The predicted molar refractivity (Wildman–Crippen MR) is 102 cm³/mol. The van der Waals surface area contributed by atoms with Crippen LogP contribution in [0.4, 0.5) is 26.7 Å². The normalized spacial score (nSPS) is 19.5. The average Bonchev–Trinajstić information content (AvgIpc) is 2.69. The Hall–Kier alpha value is -2.92. The lowest BCUT2D eigenvalue weighted by molar-refractivity contribution is -0.118. The smallest absolute Gasteiger partial charge is 0.408 e. The summed E-state index contributed by atoms with van der Waals surface area (Å²) < 4.78 is 69.0. The molecule has 0 bridgehead atoms. The van der Waals surface area contributed by atoms with E-state index in [2.05, 4.69) is 20.9 Å². The number of alkyl halides is 3. The minimum Gasteiger partial charge on any atom is -0.450 e. The highest BCUT2D eigenvalue weighted by molar-refractivity contribution is 6.05. The minimum absolute atomic E-state index is 0.135. The summed E-state index contributed by atoms with van der Waals surface area (Å²) in [5, 5.41) is 7.64. The van der Waals surface area contributed by atoms with Crippen LogP contribution in [-0.2, 0) is 4.74 Å². The first-order valence-electron chi connectivity index (χ1n) is 9.64. The fraction of sp³-hybridized carbons (Fsp3) is 0.526. The molecule has 0 radical (unpaired) electrons. The van der Waals surface area contributed by atoms with Gasteiger partial charge in [-0.1, -0.05) is 0 Å². The molecule has 31 heavy (non-hydrogen) atoms. The molecule has 0 unspecified atom stereocenters. The molecule has 7 nitrogen and oxygen atoms in total. The van der Waals surface area contributed by atoms with Crippen LogP contribution in [0.2, 0.25) is 0 Å². The van der Waals surface area contributed by atoms with Crippen molar-refractivity contribution in [2.45, 2.75) is 50.9 Å². The van der Waals surface area contributed by atoms with E-state index < -0.39 is 42.3 Å². The predicted octanol–water partition coefficient (Wildman–Crippen LogP) is 3.26. The Kier molecular flexibility index (Phi) is 8.57. The van der Waals surface area contributed by atoms with Gasteiger partial charge in [-0.2, -0.15) is 13.2 Å². The number of nitrogens with one attached hydrogen (secondary N) is 3. The number of guanidine groups is 1. The molecule has 1 aliphatic rings. The van der Waals surface area contributed by atoms with Gasteiger partial charge < -0.3 is 15.4 Å². The second-order valence-corrected chi connectivity index (χ2v) is 6.92. The van der Waals surface area contributed by atoms with E-state index in [9.17, 15) is 31.5 Å². The SMILES string of the molecule is CCOC(=O)NC1CCC(NC(=NCC(F)(F)F)NC(=O)c2ccc(F)c(F)c2)CC1. The van der Waals surface area contributed by atoms with Gasteiger partial charge in [0.05, 0.1) is 6.61 Å². The van der Waals surface area contributed by atoms with Gasteiger partial charge in [-0.25, -0.2) is 18.6 Å². The van der Waals surface area contributed by atoms with E-state index >= 15 is 0 Å². The zero-order valence-electron chi connectivity index (χ0n) is 16.7. The Morgan fingerprint density at radius 3 is 2.23 bits per heavy atom. The van der Waals surface area contributed by atoms with Gasteiger partial charge in [0.25, 0.3) is 5.91 Å². The van der Waals surface area contributed by atoms with E-state index in [4.69, 9.17) is 4.74 Å². The van der Waals surface area contributed by atoms with Gasteiger partial charge in [0.1, 0.15) is 6.54 Å². The molecule has 0 atom stereocenters. The molecule has 1 aromatic rings. The fourth-order valence-electron chi connectivity index (χ4n) is 3.02. The Morgan fingerprint density at radius 2 is 1.68 bits per heavy atom. The summed E-state index contributed by atoms with van der Waals surface area (Å²) in [4.78, 5) is 27.1. The monoisotopic (exact) mass is 450 g/mol. The molecule has 172 valence electrons. The Balaban J connectivity index is 2.00. The highest BCUT2D eigenvalue weighted by atomic mass is 19.4. The number of carbonyl (C=O) groups is 2. The zero-order valence-corrected chi connectivity index (χ0v) is 16.7. The first kappa shape index (κ1) is 24.4. The molecule has 1 aromatic carbocycles. The standard InChI is InChI=1S/C19H23F5N4O3/c1-2-31-18(30)27-13-6-4-12(5-7-13)26-17(25-10-19(22,23)24)28-16(29)11-3-8-14(20)15(21)9-11/h3,8-9,12-13H,2,4-7,10H2,1H3,(H,27,30)(H2,25,26,28,29). The maximum atomic E-state index is 13.3. The van der Waals surface area contributed by atoms with Crippen molar-refractivity contribution >= 4 is 18.0 Å². The summed E-state index contributed by atoms with van der Waals surface area (Å²) in [7, 11) is 0. The van der Waals surface area contributed by atoms with Gasteiger partial charge in [0.15, 0.2) is 17.6 Å². The van der Waals surface area contributed by atoms with E-state index in [1.54, 1.807) is 6.92 Å². The summed E-state index contributed by atoms with van der Waals surface area (Å²) in [6, 6.07) is 1.93. The van der Waals surface area contributed by atoms with Gasteiger partial charge in [-0.15, -0.1) is 0 Å². The molecule has 1 aliphatic carbocycles. The van der Waals surface area contributed by atoms with Crippen LogP contribution in [0, 0.1) is 11.6 Å². The van der Waals surface area contributed by atoms with Gasteiger partial charge in [0.2, 0.25) is 0 Å². The van der Waals surface area contributed by atoms with Crippen molar-refractivity contribution in [3.8, 4) is 0 Å². The summed E-state index contributed by atoms with van der Waals surface area (Å²) in [5.41, 5.74) is -0.275. The molecular formula is C19H23F5N4O3. The quantitative estimate of drug-likeness (QED) is 0.365. The van der Waals surface area contributed by atoms with E-state index in [1.807, 2.05) is 0 Å². The van der Waals surface area contributed by atoms with Gasteiger partial charge >= 0.3 is 12.3 Å². The van der Waals surface area contributed by atoms with Crippen LogP contribution in [0.15, 0.2) is 23.2 Å². The second-order valence-electron chi connectivity index (χ2n) is 6.92. The number of benzene rings is 1. The van der Waals surface area contributed by atoms with Crippen molar-refractivity contribution < 1.29 is 36.3 Å². The Labute approximate surface area is 175 Å². The first-order chi connectivity index (χ1) is 14.6. The lowest BCUT2D eigenvalue weighted by Crippen LogP contribution is -2.49. The van der Waals surface area contributed by atoms with Crippen molar-refractivity contribution in [3.05, 3.63) is 35.4 Å². The van der Waals surface area contributed by atoms with Crippen LogP contribution >= 0.6 is 0 Å². The number of ether oxygens (including phenoxy) is 1. The van der Waals surface area contributed by atoms with Crippen LogP contribution in [0.3, 0.4) is 0 Å². The maximum absolute atomic E-state index is 13.3. The molecule has 2 amide bonds. The third kappa shape index (κ3) is 8.38. The number of alkyl carbamates (subject to hydrolysis) is 1. The van der Waals surface area contributed by atoms with Gasteiger partial charge in [0, 0.05) is 17.6 Å². The maximum Gasteiger partial charge on any atom is 0.408 e. The lowest BCUT2D eigenvalue weighted by atomic mass is 9.91. The molecule has 1 fully saturated rings. The van der Waals surface area contributed by atoms with E-state index in [0.29, 0.717) is 31.7 Å². The topological polar surface area (TPSA) is 91.8 Å². The minimum atomic E-state index is -4.60. The molecule has 0 saturated heterocycles. The number of amides is 2. The summed E-state index contributed by atoms with van der Waals surface area (Å²) in [6.07, 6.45) is -3.07. The molecular weight excluding hydrogens is 427 g/mol. The number of nitrogens with zero attached hydrogens (tertiary/aromatic N) is 1. The average molecular weight is 450 g/mol. The van der Waals surface area contributed by atoms with Crippen LogP contribution in [0.25, 0.3) is 0 Å². The van der Waals surface area contributed by atoms with E-state index in [-0.39, 0.29) is 24.3 Å². The number of hydrogen-bond donors (Lipinski definition) is 3. The summed E-state index contributed by atoms with van der Waals surface area (Å²) in [5.74, 6) is -3.78. The number of carbonyl (C=O) groups excluding carboxylic acids is 2. The molecule has 0 aliphatic heterocycles. The van der Waals surface area contributed by atoms with Crippen LogP contribution < -0.4 is 16.0 Å². The zero-order chi connectivity index (χ0) is 23.0. The van der Waals surface area contributed by atoms with Crippen molar-refractivity contribution in [1.29, 1.82) is 0 Å². The van der Waals surface area contributed by atoms with Gasteiger partial charge in [-0.3, -0.25) is 10.1 Å². The van der Waals surface area contributed by atoms with E-state index in [1.165, 1.54) is 0 Å². The molecule has 12 heteroatoms. The second kappa shape index (κ2) is 10.9. The fourth-order valence-corrected chi connectivity index (χ4v) is 3.02. The third-order valence-corrected chi connectivity index (χ3v) is 4.50. The molecule has 0 heterocycles. The van der Waals surface area contributed by atoms with E-state index in [0.717, 1.165) is 12.1 Å². The number of hydrogen-bond acceptors (Lipinski definition) is 4. The van der Waals surface area contributed by atoms with Crippen molar-refractivity contribution in [1.82, 2.24) is 16.0 Å². The van der Waals surface area contributed by atoms with Crippen molar-refractivity contribution in [3.63, 3.8) is 0 Å². The largest absolute Gasteiger partial charge is 0.450 e. The lowest BCUT2D eigenvalue weighted by Gasteiger charge is -2.30. The Bertz CT molecular complexity index is 808. The van der Waals surface area contributed by atoms with Crippen molar-refractivity contribution in [2.75, 3.05) is 13.2 Å².